The first kappa shape index (κ1) is 17.9. The molecule has 1 aliphatic rings. The number of halogens is 2. The molecular formula is C19H22F2N6. The van der Waals surface area contributed by atoms with Crippen LogP contribution in [0.2, 0.25) is 0 Å². The highest BCUT2D eigenvalue weighted by Gasteiger charge is 2.31. The van der Waals surface area contributed by atoms with Crippen LogP contribution < -0.4 is 0 Å². The molecular weight excluding hydrogens is 350 g/mol. The molecule has 6 nitrogen and oxygen atoms in total. The Morgan fingerprint density at radius 1 is 1.26 bits per heavy atom. The fourth-order valence-corrected chi connectivity index (χ4v) is 3.86. The third-order valence-corrected chi connectivity index (χ3v) is 5.31. The SMILES string of the molecule is Cc1cc(CN2CC[C@H](C)[C@@H](c3cc(C(F)F)nc4ncnn34)C2)ccn1. The van der Waals surface area contributed by atoms with Crippen molar-refractivity contribution in [3.05, 3.63) is 53.4 Å². The van der Waals surface area contributed by atoms with Crippen molar-refractivity contribution in [2.45, 2.75) is 39.2 Å². The van der Waals surface area contributed by atoms with Crippen molar-refractivity contribution in [2.75, 3.05) is 13.1 Å². The number of pyridine rings is 1. The zero-order valence-electron chi connectivity index (χ0n) is 15.4. The Kier molecular flexibility index (Phi) is 4.82. The fourth-order valence-electron chi connectivity index (χ4n) is 3.86. The summed E-state index contributed by atoms with van der Waals surface area (Å²) in [7, 11) is 0. The van der Waals surface area contributed by atoms with E-state index in [1.807, 2.05) is 19.2 Å². The van der Waals surface area contributed by atoms with Crippen molar-refractivity contribution < 1.29 is 8.78 Å². The number of alkyl halides is 2. The quantitative estimate of drug-likeness (QED) is 0.703. The second-order valence-electron chi connectivity index (χ2n) is 7.29. The maximum Gasteiger partial charge on any atom is 0.280 e. The summed E-state index contributed by atoms with van der Waals surface area (Å²) in [4.78, 5) is 14.6. The van der Waals surface area contributed by atoms with Crippen LogP contribution in [-0.4, -0.2) is 42.6 Å². The van der Waals surface area contributed by atoms with Crippen LogP contribution in [0.1, 0.15) is 48.3 Å². The first-order chi connectivity index (χ1) is 13.0. The second kappa shape index (κ2) is 7.26. The summed E-state index contributed by atoms with van der Waals surface area (Å²) in [6, 6.07) is 5.61. The largest absolute Gasteiger partial charge is 0.298 e. The molecule has 0 saturated carbocycles. The van der Waals surface area contributed by atoms with Crippen molar-refractivity contribution in [1.29, 1.82) is 0 Å². The lowest BCUT2D eigenvalue weighted by Gasteiger charge is -2.37. The van der Waals surface area contributed by atoms with E-state index in [2.05, 4.69) is 37.9 Å². The molecule has 2 atom stereocenters. The normalized spacial score (nSPS) is 21.2. The number of likely N-dealkylation sites (tertiary alicyclic amines) is 1. The smallest absolute Gasteiger partial charge is 0.280 e. The number of rotatable bonds is 4. The molecule has 4 rings (SSSR count). The van der Waals surface area contributed by atoms with Crippen LogP contribution in [0.4, 0.5) is 8.78 Å². The standard InChI is InChI=1S/C19H22F2N6/c1-12-4-6-26(9-14-3-5-22-13(2)7-14)10-15(12)17-8-16(18(20)21)25-19-23-11-24-27(17)19/h3,5,7-8,11-12,15,18H,4,6,9-10H2,1-2H3/t12-,15-/m0/s1. The van der Waals surface area contributed by atoms with Gasteiger partial charge >= 0.3 is 0 Å². The summed E-state index contributed by atoms with van der Waals surface area (Å²) in [5, 5.41) is 4.22. The Labute approximate surface area is 156 Å². The molecule has 0 aliphatic carbocycles. The zero-order valence-corrected chi connectivity index (χ0v) is 15.4. The maximum absolute atomic E-state index is 13.3. The van der Waals surface area contributed by atoms with Gasteiger partial charge in [-0.3, -0.25) is 9.88 Å². The Bertz CT molecular complexity index is 941. The van der Waals surface area contributed by atoms with E-state index in [-0.39, 0.29) is 17.4 Å². The van der Waals surface area contributed by atoms with Gasteiger partial charge < -0.3 is 0 Å². The van der Waals surface area contributed by atoms with Gasteiger partial charge in [-0.2, -0.15) is 10.1 Å². The third kappa shape index (κ3) is 3.66. The van der Waals surface area contributed by atoms with Gasteiger partial charge in [-0.1, -0.05) is 6.92 Å². The predicted octanol–water partition coefficient (Wildman–Crippen LogP) is 3.39. The van der Waals surface area contributed by atoms with Gasteiger partial charge in [0.05, 0.1) is 5.69 Å². The Morgan fingerprint density at radius 3 is 2.89 bits per heavy atom. The highest BCUT2D eigenvalue weighted by molar-refractivity contribution is 5.33. The van der Waals surface area contributed by atoms with Crippen molar-refractivity contribution in [1.82, 2.24) is 29.5 Å². The number of aromatic nitrogens is 5. The molecule has 1 aliphatic heterocycles. The van der Waals surface area contributed by atoms with E-state index in [1.165, 1.54) is 18.0 Å². The highest BCUT2D eigenvalue weighted by Crippen LogP contribution is 2.34. The molecule has 1 fully saturated rings. The fraction of sp³-hybridized carbons (Fsp3) is 0.474. The number of hydrogen-bond acceptors (Lipinski definition) is 5. The molecule has 0 spiro atoms. The molecule has 142 valence electrons. The van der Waals surface area contributed by atoms with Crippen molar-refractivity contribution in [2.24, 2.45) is 5.92 Å². The molecule has 8 heteroatoms. The highest BCUT2D eigenvalue weighted by atomic mass is 19.3. The molecule has 0 N–H and O–H groups in total. The molecule has 4 heterocycles. The van der Waals surface area contributed by atoms with Crippen LogP contribution in [0.25, 0.3) is 5.78 Å². The van der Waals surface area contributed by atoms with Crippen molar-refractivity contribution in [3.8, 4) is 0 Å². The maximum atomic E-state index is 13.3. The van der Waals surface area contributed by atoms with Crippen molar-refractivity contribution in [3.63, 3.8) is 0 Å². The second-order valence-corrected chi connectivity index (χ2v) is 7.29. The average Bonchev–Trinajstić information content (AvgIpc) is 3.11. The summed E-state index contributed by atoms with van der Waals surface area (Å²) in [6.07, 6.45) is 1.56. The predicted molar refractivity (Wildman–Crippen MR) is 96.5 cm³/mol. The minimum Gasteiger partial charge on any atom is -0.298 e. The average molecular weight is 372 g/mol. The van der Waals surface area contributed by atoms with E-state index in [1.54, 1.807) is 4.52 Å². The van der Waals surface area contributed by atoms with Crippen LogP contribution in [-0.2, 0) is 6.54 Å². The number of hydrogen-bond donors (Lipinski definition) is 0. The minimum absolute atomic E-state index is 0.0892. The van der Waals surface area contributed by atoms with E-state index in [0.29, 0.717) is 5.92 Å². The van der Waals surface area contributed by atoms with Gasteiger partial charge in [0.1, 0.15) is 12.0 Å². The van der Waals surface area contributed by atoms with E-state index in [0.717, 1.165) is 37.4 Å². The summed E-state index contributed by atoms with van der Waals surface area (Å²) in [5.41, 5.74) is 2.73. The van der Waals surface area contributed by atoms with Gasteiger partial charge in [-0.25, -0.2) is 18.3 Å². The summed E-state index contributed by atoms with van der Waals surface area (Å²) in [6.45, 7) is 6.73. The summed E-state index contributed by atoms with van der Waals surface area (Å²) < 4.78 is 28.2. The Balaban J connectivity index is 1.64. The first-order valence-electron chi connectivity index (χ1n) is 9.14. The van der Waals surface area contributed by atoms with Crippen LogP contribution in [0, 0.1) is 12.8 Å². The Hall–Kier alpha value is -2.48. The molecule has 27 heavy (non-hydrogen) atoms. The van der Waals surface area contributed by atoms with Gasteiger partial charge in [0.2, 0.25) is 0 Å². The lowest BCUT2D eigenvalue weighted by molar-refractivity contribution is 0.143. The van der Waals surface area contributed by atoms with Gasteiger partial charge in [0.25, 0.3) is 12.2 Å². The number of nitrogens with zero attached hydrogens (tertiary/aromatic N) is 6. The summed E-state index contributed by atoms with van der Waals surface area (Å²) in [5.74, 6) is 0.684. The molecule has 0 amide bonds. The monoisotopic (exact) mass is 372 g/mol. The van der Waals surface area contributed by atoms with Crippen molar-refractivity contribution >= 4 is 5.78 Å². The summed E-state index contributed by atoms with van der Waals surface area (Å²) >= 11 is 0. The zero-order chi connectivity index (χ0) is 19.0. The first-order valence-corrected chi connectivity index (χ1v) is 9.14. The number of fused-ring (bicyclic) bond motifs is 1. The van der Waals surface area contributed by atoms with Crippen LogP contribution in [0.3, 0.4) is 0 Å². The van der Waals surface area contributed by atoms with E-state index in [9.17, 15) is 8.78 Å². The lowest BCUT2D eigenvalue weighted by atomic mass is 9.84. The molecule has 0 radical (unpaired) electrons. The van der Waals surface area contributed by atoms with Crippen LogP contribution in [0.5, 0.6) is 0 Å². The third-order valence-electron chi connectivity index (χ3n) is 5.31. The van der Waals surface area contributed by atoms with E-state index < -0.39 is 6.43 Å². The van der Waals surface area contributed by atoms with Gasteiger partial charge in [-0.15, -0.1) is 0 Å². The van der Waals surface area contributed by atoms with Crippen LogP contribution >= 0.6 is 0 Å². The van der Waals surface area contributed by atoms with Gasteiger partial charge in [0, 0.05) is 30.9 Å². The Morgan fingerprint density at radius 2 is 2.11 bits per heavy atom. The molecule has 0 unspecified atom stereocenters. The molecule has 3 aromatic rings. The molecule has 0 bridgehead atoms. The van der Waals surface area contributed by atoms with E-state index >= 15 is 0 Å². The van der Waals surface area contributed by atoms with E-state index in [4.69, 9.17) is 0 Å². The van der Waals surface area contributed by atoms with Crippen LogP contribution in [0.15, 0.2) is 30.7 Å². The minimum atomic E-state index is -2.62. The topological polar surface area (TPSA) is 59.2 Å². The van der Waals surface area contributed by atoms with Gasteiger partial charge in [0.15, 0.2) is 0 Å². The molecule has 1 saturated heterocycles. The number of piperidine rings is 1. The number of aryl methyl sites for hydroxylation is 1. The lowest BCUT2D eigenvalue weighted by Crippen LogP contribution is -2.38. The molecule has 0 aromatic carbocycles. The molecule has 3 aromatic heterocycles. The van der Waals surface area contributed by atoms with Gasteiger partial charge in [-0.05, 0) is 49.6 Å².